The molecule has 1 heterocycles. The number of aromatic nitrogens is 1. The summed E-state index contributed by atoms with van der Waals surface area (Å²) in [5.74, 6) is -0.846. The summed E-state index contributed by atoms with van der Waals surface area (Å²) in [4.78, 5) is 27.3. The van der Waals surface area contributed by atoms with Crippen molar-refractivity contribution in [3.63, 3.8) is 0 Å². The summed E-state index contributed by atoms with van der Waals surface area (Å²) in [6.45, 7) is 0. The van der Waals surface area contributed by atoms with E-state index in [9.17, 15) is 9.59 Å². The van der Waals surface area contributed by atoms with Crippen LogP contribution in [0.2, 0.25) is 0 Å². The average Bonchev–Trinajstić information content (AvgIpc) is 2.92. The number of amides is 1. The molecule has 2 saturated carbocycles. The monoisotopic (exact) mass is 304 g/mol. The van der Waals surface area contributed by atoms with Gasteiger partial charge in [-0.25, -0.2) is 4.98 Å². The molecule has 2 aliphatic carbocycles. The van der Waals surface area contributed by atoms with Gasteiger partial charge >= 0.3 is 5.97 Å². The van der Waals surface area contributed by atoms with Crippen molar-refractivity contribution in [3.8, 4) is 5.88 Å². The molecule has 0 saturated heterocycles. The number of pyridine rings is 1. The second kappa shape index (κ2) is 6.34. The molecule has 6 nitrogen and oxygen atoms in total. The van der Waals surface area contributed by atoms with E-state index in [2.05, 4.69) is 10.3 Å². The Bertz CT molecular complexity index is 571. The fourth-order valence-electron chi connectivity index (χ4n) is 2.88. The van der Waals surface area contributed by atoms with E-state index < -0.39 is 5.97 Å². The number of nitrogens with one attached hydrogen (secondary N) is 1. The Morgan fingerprint density at radius 2 is 2.09 bits per heavy atom. The van der Waals surface area contributed by atoms with Gasteiger partial charge in [-0.15, -0.1) is 0 Å². The quantitative estimate of drug-likeness (QED) is 0.868. The lowest BCUT2D eigenvalue weighted by molar-refractivity contribution is -0.141. The Kier molecular flexibility index (Phi) is 4.27. The molecule has 22 heavy (non-hydrogen) atoms. The number of nitrogens with zero attached hydrogens (tertiary/aromatic N) is 1. The smallest absolute Gasteiger partial charge is 0.306 e. The van der Waals surface area contributed by atoms with Gasteiger partial charge < -0.3 is 15.2 Å². The molecular formula is C16H20N2O4. The Morgan fingerprint density at radius 3 is 2.73 bits per heavy atom. The van der Waals surface area contributed by atoms with Gasteiger partial charge in [0.1, 0.15) is 6.10 Å². The first-order chi connectivity index (χ1) is 10.6. The minimum absolute atomic E-state index is 0.0715. The second-order valence-electron chi connectivity index (χ2n) is 6.07. The molecule has 1 aromatic heterocycles. The van der Waals surface area contributed by atoms with Crippen molar-refractivity contribution in [1.82, 2.24) is 10.3 Å². The molecule has 1 amide bonds. The first kappa shape index (κ1) is 14.8. The first-order valence-corrected chi connectivity index (χ1v) is 7.78. The second-order valence-corrected chi connectivity index (χ2v) is 6.07. The van der Waals surface area contributed by atoms with Crippen LogP contribution in [0.1, 0.15) is 48.9 Å². The molecule has 2 atom stereocenters. The summed E-state index contributed by atoms with van der Waals surface area (Å²) in [6, 6.07) is 3.22. The maximum Gasteiger partial charge on any atom is 0.306 e. The molecule has 3 rings (SSSR count). The largest absolute Gasteiger partial charge is 0.481 e. The summed E-state index contributed by atoms with van der Waals surface area (Å²) >= 11 is 0. The number of ether oxygens (including phenoxy) is 1. The third kappa shape index (κ3) is 3.37. The van der Waals surface area contributed by atoms with Crippen LogP contribution in [0, 0.1) is 5.92 Å². The van der Waals surface area contributed by atoms with E-state index in [-0.39, 0.29) is 24.0 Å². The molecule has 118 valence electrons. The van der Waals surface area contributed by atoms with Crippen molar-refractivity contribution >= 4 is 11.9 Å². The summed E-state index contributed by atoms with van der Waals surface area (Å²) in [6.07, 6.45) is 6.86. The van der Waals surface area contributed by atoms with E-state index in [4.69, 9.17) is 9.84 Å². The molecule has 2 aliphatic rings. The van der Waals surface area contributed by atoms with Crippen LogP contribution in [0.15, 0.2) is 18.3 Å². The molecule has 2 fully saturated rings. The summed E-state index contributed by atoms with van der Waals surface area (Å²) in [7, 11) is 0. The highest BCUT2D eigenvalue weighted by atomic mass is 16.5. The predicted molar refractivity (Wildman–Crippen MR) is 78.7 cm³/mol. The summed E-state index contributed by atoms with van der Waals surface area (Å²) in [5, 5.41) is 11.9. The number of hydrogen-bond acceptors (Lipinski definition) is 4. The number of carbonyl (C=O) groups excluding carboxylic acids is 1. The number of carboxylic acid groups (broad SMARTS) is 1. The van der Waals surface area contributed by atoms with Gasteiger partial charge in [-0.1, -0.05) is 0 Å². The van der Waals surface area contributed by atoms with Crippen molar-refractivity contribution in [1.29, 1.82) is 0 Å². The maximum absolute atomic E-state index is 12.3. The maximum atomic E-state index is 12.3. The van der Waals surface area contributed by atoms with E-state index in [1.165, 1.54) is 6.42 Å². The molecule has 6 heteroatoms. The lowest BCUT2D eigenvalue weighted by Gasteiger charge is -2.25. The van der Waals surface area contributed by atoms with E-state index in [1.54, 1.807) is 18.3 Å². The SMILES string of the molecule is O=C(N[C@@H]1CC[C@H](C(=O)O)C1)c1ccnc(OC2CCC2)c1. The van der Waals surface area contributed by atoms with Crippen LogP contribution in [0.3, 0.4) is 0 Å². The van der Waals surface area contributed by atoms with Gasteiger partial charge in [0.2, 0.25) is 5.88 Å². The Hall–Kier alpha value is -2.11. The Labute approximate surface area is 128 Å². The lowest BCUT2D eigenvalue weighted by Crippen LogP contribution is -2.33. The van der Waals surface area contributed by atoms with Gasteiger partial charge in [-0.2, -0.15) is 0 Å². The zero-order valence-electron chi connectivity index (χ0n) is 12.3. The number of hydrogen-bond donors (Lipinski definition) is 2. The fourth-order valence-corrected chi connectivity index (χ4v) is 2.88. The molecule has 0 bridgehead atoms. The zero-order chi connectivity index (χ0) is 15.5. The molecule has 0 spiro atoms. The van der Waals surface area contributed by atoms with Gasteiger partial charge in [0.25, 0.3) is 5.91 Å². The minimum atomic E-state index is -0.781. The molecule has 0 aliphatic heterocycles. The summed E-state index contributed by atoms with van der Waals surface area (Å²) < 4.78 is 5.69. The van der Waals surface area contributed by atoms with E-state index in [0.29, 0.717) is 30.7 Å². The normalized spacial score (nSPS) is 24.5. The highest BCUT2D eigenvalue weighted by Gasteiger charge is 2.30. The van der Waals surface area contributed by atoms with E-state index in [1.807, 2.05) is 0 Å². The van der Waals surface area contributed by atoms with E-state index in [0.717, 1.165) is 12.8 Å². The fraction of sp³-hybridized carbons (Fsp3) is 0.562. The third-order valence-corrected chi connectivity index (χ3v) is 4.45. The van der Waals surface area contributed by atoms with Crippen LogP contribution in [0.5, 0.6) is 5.88 Å². The van der Waals surface area contributed by atoms with Crippen molar-refractivity contribution in [3.05, 3.63) is 23.9 Å². The van der Waals surface area contributed by atoms with Crippen molar-refractivity contribution < 1.29 is 19.4 Å². The number of carboxylic acids is 1. The molecule has 2 N–H and O–H groups in total. The van der Waals surface area contributed by atoms with Gasteiger partial charge in [0.05, 0.1) is 5.92 Å². The third-order valence-electron chi connectivity index (χ3n) is 4.45. The van der Waals surface area contributed by atoms with Crippen LogP contribution in [0.4, 0.5) is 0 Å². The minimum Gasteiger partial charge on any atom is -0.481 e. The number of rotatable bonds is 5. The van der Waals surface area contributed by atoms with E-state index >= 15 is 0 Å². The standard InChI is InChI=1S/C16H20N2O4/c19-15(18-12-5-4-11(8-12)16(20)21)10-6-7-17-14(9-10)22-13-2-1-3-13/h6-7,9,11-13H,1-5,8H2,(H,18,19)(H,20,21)/t11-,12+/m0/s1. The Morgan fingerprint density at radius 1 is 1.27 bits per heavy atom. The molecule has 0 aromatic carbocycles. The highest BCUT2D eigenvalue weighted by Crippen LogP contribution is 2.26. The van der Waals surface area contributed by atoms with Gasteiger partial charge in [0, 0.05) is 23.9 Å². The first-order valence-electron chi connectivity index (χ1n) is 7.78. The number of carbonyl (C=O) groups is 2. The zero-order valence-corrected chi connectivity index (χ0v) is 12.3. The average molecular weight is 304 g/mol. The van der Waals surface area contributed by atoms with Crippen molar-refractivity contribution in [2.75, 3.05) is 0 Å². The predicted octanol–water partition coefficient (Wildman–Crippen LogP) is 2.00. The highest BCUT2D eigenvalue weighted by molar-refractivity contribution is 5.94. The lowest BCUT2D eigenvalue weighted by atomic mass is 9.96. The van der Waals surface area contributed by atoms with Crippen LogP contribution < -0.4 is 10.1 Å². The van der Waals surface area contributed by atoms with Gasteiger partial charge in [-0.05, 0) is 44.6 Å². The topological polar surface area (TPSA) is 88.5 Å². The summed E-state index contributed by atoms with van der Waals surface area (Å²) in [5.41, 5.74) is 0.503. The van der Waals surface area contributed by atoms with Crippen molar-refractivity contribution in [2.24, 2.45) is 5.92 Å². The molecule has 0 radical (unpaired) electrons. The Balaban J connectivity index is 1.57. The van der Waals surface area contributed by atoms with Crippen LogP contribution >= 0.6 is 0 Å². The molecular weight excluding hydrogens is 284 g/mol. The van der Waals surface area contributed by atoms with Crippen LogP contribution in [0.25, 0.3) is 0 Å². The van der Waals surface area contributed by atoms with Crippen molar-refractivity contribution in [2.45, 2.75) is 50.7 Å². The number of aliphatic carboxylic acids is 1. The van der Waals surface area contributed by atoms with Crippen LogP contribution in [-0.4, -0.2) is 34.1 Å². The molecule has 0 unspecified atom stereocenters. The molecule has 1 aromatic rings. The van der Waals surface area contributed by atoms with Gasteiger partial charge in [-0.3, -0.25) is 9.59 Å². The van der Waals surface area contributed by atoms with Crippen LogP contribution in [-0.2, 0) is 4.79 Å². The van der Waals surface area contributed by atoms with Gasteiger partial charge in [0.15, 0.2) is 0 Å².